The molecule has 0 aliphatic carbocycles. The number of halogens is 1. The zero-order valence-corrected chi connectivity index (χ0v) is 9.38. The van der Waals surface area contributed by atoms with E-state index in [1.54, 1.807) is 13.2 Å². The topological polar surface area (TPSA) is 57.9 Å². The van der Waals surface area contributed by atoms with Gasteiger partial charge in [0.05, 0.1) is 17.7 Å². The summed E-state index contributed by atoms with van der Waals surface area (Å²) < 4.78 is 5.07. The minimum absolute atomic E-state index is 0.0799. The standard InChI is InChI=1S/C10H12ClN3O/c1-7(15-2)6-13-10-4-8(5-12)3-9(11)14-10/h3-4,7H,6H2,1-2H3,(H,13,14). The highest BCUT2D eigenvalue weighted by Crippen LogP contribution is 2.13. The second-order valence-electron chi connectivity index (χ2n) is 3.10. The first-order valence-corrected chi connectivity index (χ1v) is 4.88. The van der Waals surface area contributed by atoms with Gasteiger partial charge in [0.25, 0.3) is 0 Å². The molecule has 0 aliphatic rings. The number of aromatic nitrogens is 1. The fraction of sp³-hybridized carbons (Fsp3) is 0.400. The predicted octanol–water partition coefficient (Wildman–Crippen LogP) is 2.05. The first kappa shape index (κ1) is 11.8. The number of anilines is 1. The van der Waals surface area contributed by atoms with Gasteiger partial charge in [0.1, 0.15) is 11.0 Å². The predicted molar refractivity (Wildman–Crippen MR) is 58.9 cm³/mol. The van der Waals surface area contributed by atoms with Crippen molar-refractivity contribution in [1.82, 2.24) is 4.98 Å². The summed E-state index contributed by atoms with van der Waals surface area (Å²) in [5.41, 5.74) is 0.488. The molecule has 0 saturated carbocycles. The molecule has 0 radical (unpaired) electrons. The summed E-state index contributed by atoms with van der Waals surface area (Å²) in [6, 6.07) is 5.18. The molecule has 1 aromatic heterocycles. The van der Waals surface area contributed by atoms with E-state index in [1.807, 2.05) is 13.0 Å². The third-order valence-electron chi connectivity index (χ3n) is 1.90. The van der Waals surface area contributed by atoms with E-state index in [-0.39, 0.29) is 6.10 Å². The Bertz CT molecular complexity index is 375. The maximum Gasteiger partial charge on any atom is 0.132 e. The van der Waals surface area contributed by atoms with Gasteiger partial charge in [-0.3, -0.25) is 0 Å². The van der Waals surface area contributed by atoms with Crippen LogP contribution >= 0.6 is 11.6 Å². The lowest BCUT2D eigenvalue weighted by molar-refractivity contribution is 0.128. The lowest BCUT2D eigenvalue weighted by Crippen LogP contribution is -2.18. The van der Waals surface area contributed by atoms with Crippen molar-refractivity contribution in [3.8, 4) is 6.07 Å². The third kappa shape index (κ3) is 3.74. The van der Waals surface area contributed by atoms with Crippen molar-refractivity contribution in [1.29, 1.82) is 5.26 Å². The van der Waals surface area contributed by atoms with Crippen molar-refractivity contribution in [2.45, 2.75) is 13.0 Å². The van der Waals surface area contributed by atoms with Crippen LogP contribution in [0.25, 0.3) is 0 Å². The Morgan fingerprint density at radius 1 is 1.67 bits per heavy atom. The Labute approximate surface area is 93.8 Å². The van der Waals surface area contributed by atoms with Gasteiger partial charge in [0, 0.05) is 13.7 Å². The summed E-state index contributed by atoms with van der Waals surface area (Å²) in [6.07, 6.45) is 0.0799. The molecule has 15 heavy (non-hydrogen) atoms. The quantitative estimate of drug-likeness (QED) is 0.797. The maximum absolute atomic E-state index is 8.72. The van der Waals surface area contributed by atoms with Gasteiger partial charge >= 0.3 is 0 Å². The molecule has 0 bridgehead atoms. The number of rotatable bonds is 4. The molecule has 0 aromatic carbocycles. The number of hydrogen-bond acceptors (Lipinski definition) is 4. The highest BCUT2D eigenvalue weighted by molar-refractivity contribution is 6.29. The summed E-state index contributed by atoms with van der Waals surface area (Å²) in [7, 11) is 1.64. The molecular weight excluding hydrogens is 214 g/mol. The van der Waals surface area contributed by atoms with Crippen LogP contribution < -0.4 is 5.32 Å². The monoisotopic (exact) mass is 225 g/mol. The van der Waals surface area contributed by atoms with E-state index in [9.17, 15) is 0 Å². The van der Waals surface area contributed by atoms with Crippen LogP contribution in [-0.2, 0) is 4.74 Å². The third-order valence-corrected chi connectivity index (χ3v) is 2.09. The number of nitriles is 1. The minimum atomic E-state index is 0.0799. The van der Waals surface area contributed by atoms with E-state index in [0.717, 1.165) is 0 Å². The molecule has 0 fully saturated rings. The van der Waals surface area contributed by atoms with Crippen LogP contribution in [0.2, 0.25) is 5.15 Å². The van der Waals surface area contributed by atoms with E-state index in [0.29, 0.717) is 23.1 Å². The first-order valence-electron chi connectivity index (χ1n) is 4.50. The van der Waals surface area contributed by atoms with Crippen molar-refractivity contribution in [2.75, 3.05) is 19.0 Å². The molecule has 5 heteroatoms. The molecule has 1 atom stereocenters. The fourth-order valence-electron chi connectivity index (χ4n) is 0.984. The first-order chi connectivity index (χ1) is 7.15. The Kier molecular flexibility index (Phi) is 4.35. The van der Waals surface area contributed by atoms with Gasteiger partial charge in [-0.2, -0.15) is 5.26 Å². The van der Waals surface area contributed by atoms with Crippen molar-refractivity contribution < 1.29 is 4.74 Å². The van der Waals surface area contributed by atoms with Crippen molar-refractivity contribution in [3.05, 3.63) is 22.8 Å². The lowest BCUT2D eigenvalue weighted by Gasteiger charge is -2.11. The fourth-order valence-corrected chi connectivity index (χ4v) is 1.19. The summed E-state index contributed by atoms with van der Waals surface area (Å²) >= 11 is 5.74. The Morgan fingerprint density at radius 3 is 3.00 bits per heavy atom. The Hall–Kier alpha value is -1.31. The minimum Gasteiger partial charge on any atom is -0.380 e. The second-order valence-corrected chi connectivity index (χ2v) is 3.49. The number of ether oxygens (including phenoxy) is 1. The Morgan fingerprint density at radius 2 is 2.40 bits per heavy atom. The van der Waals surface area contributed by atoms with Crippen LogP contribution in [-0.4, -0.2) is 24.7 Å². The van der Waals surface area contributed by atoms with Crippen LogP contribution in [0.4, 0.5) is 5.82 Å². The van der Waals surface area contributed by atoms with E-state index >= 15 is 0 Å². The molecular formula is C10H12ClN3O. The molecule has 1 rings (SSSR count). The number of nitrogens with one attached hydrogen (secondary N) is 1. The largest absolute Gasteiger partial charge is 0.380 e. The Balaban J connectivity index is 2.69. The van der Waals surface area contributed by atoms with Crippen molar-refractivity contribution >= 4 is 17.4 Å². The smallest absolute Gasteiger partial charge is 0.132 e. The zero-order chi connectivity index (χ0) is 11.3. The van der Waals surface area contributed by atoms with E-state index in [4.69, 9.17) is 21.6 Å². The molecule has 0 aliphatic heterocycles. The van der Waals surface area contributed by atoms with Gasteiger partial charge in [-0.05, 0) is 19.1 Å². The molecule has 80 valence electrons. The molecule has 4 nitrogen and oxygen atoms in total. The summed E-state index contributed by atoms with van der Waals surface area (Å²) in [5.74, 6) is 0.586. The molecule has 0 saturated heterocycles. The summed E-state index contributed by atoms with van der Waals surface area (Å²) in [4.78, 5) is 4.04. The average molecular weight is 226 g/mol. The number of nitrogens with zero attached hydrogens (tertiary/aromatic N) is 2. The molecule has 0 amide bonds. The molecule has 1 heterocycles. The van der Waals surface area contributed by atoms with Gasteiger partial charge in [0.2, 0.25) is 0 Å². The van der Waals surface area contributed by atoms with E-state index in [2.05, 4.69) is 10.3 Å². The van der Waals surface area contributed by atoms with Gasteiger partial charge in [-0.15, -0.1) is 0 Å². The number of hydrogen-bond donors (Lipinski definition) is 1. The average Bonchev–Trinajstić information content (AvgIpc) is 2.25. The van der Waals surface area contributed by atoms with Crippen LogP contribution in [0.3, 0.4) is 0 Å². The van der Waals surface area contributed by atoms with Crippen molar-refractivity contribution in [3.63, 3.8) is 0 Å². The zero-order valence-electron chi connectivity index (χ0n) is 8.62. The van der Waals surface area contributed by atoms with Crippen LogP contribution in [0.15, 0.2) is 12.1 Å². The summed E-state index contributed by atoms with van der Waals surface area (Å²) in [5, 5.41) is 12.1. The molecule has 1 N–H and O–H groups in total. The molecule has 1 aromatic rings. The van der Waals surface area contributed by atoms with Gasteiger partial charge in [0.15, 0.2) is 0 Å². The SMILES string of the molecule is COC(C)CNc1cc(C#N)cc(Cl)n1. The number of methoxy groups -OCH3 is 1. The van der Waals surface area contributed by atoms with Crippen LogP contribution in [0.1, 0.15) is 12.5 Å². The van der Waals surface area contributed by atoms with Gasteiger partial charge in [-0.25, -0.2) is 4.98 Å². The van der Waals surface area contributed by atoms with E-state index in [1.165, 1.54) is 6.07 Å². The lowest BCUT2D eigenvalue weighted by atomic mass is 10.3. The molecule has 0 spiro atoms. The molecule has 1 unspecified atom stereocenters. The van der Waals surface area contributed by atoms with E-state index < -0.39 is 0 Å². The maximum atomic E-state index is 8.72. The second kappa shape index (κ2) is 5.54. The normalized spacial score (nSPS) is 11.9. The highest BCUT2D eigenvalue weighted by Gasteiger charge is 2.03. The van der Waals surface area contributed by atoms with Crippen molar-refractivity contribution in [2.24, 2.45) is 0 Å². The highest BCUT2D eigenvalue weighted by atomic mass is 35.5. The van der Waals surface area contributed by atoms with Crippen LogP contribution in [0.5, 0.6) is 0 Å². The number of pyridine rings is 1. The van der Waals surface area contributed by atoms with Gasteiger partial charge in [-0.1, -0.05) is 11.6 Å². The van der Waals surface area contributed by atoms with Crippen LogP contribution in [0, 0.1) is 11.3 Å². The van der Waals surface area contributed by atoms with Gasteiger partial charge < -0.3 is 10.1 Å². The summed E-state index contributed by atoms with van der Waals surface area (Å²) in [6.45, 7) is 2.55.